The highest BCUT2D eigenvalue weighted by Crippen LogP contribution is 2.49. The SMILES string of the molecule is N[C@@H]1CCN(c2c(F)cc3c(=O)c(C(=O)NCCN4CCOCC4)cn4c3c2Oc2c-4ccc3ccccc23)C1. The van der Waals surface area contributed by atoms with Crippen molar-refractivity contribution in [1.82, 2.24) is 14.8 Å². The lowest BCUT2D eigenvalue weighted by Crippen LogP contribution is -2.42. The Hall–Kier alpha value is -3.99. The average Bonchev–Trinajstić information content (AvgIpc) is 3.40. The molecule has 0 saturated carbocycles. The summed E-state index contributed by atoms with van der Waals surface area (Å²) < 4.78 is 29.6. The summed E-state index contributed by atoms with van der Waals surface area (Å²) in [6, 6.07) is 12.8. The van der Waals surface area contributed by atoms with Crippen LogP contribution in [0.3, 0.4) is 0 Å². The van der Waals surface area contributed by atoms with Gasteiger partial charge in [-0.2, -0.15) is 0 Å². The summed E-state index contributed by atoms with van der Waals surface area (Å²) in [7, 11) is 0. The Morgan fingerprint density at radius 1 is 1.07 bits per heavy atom. The predicted octanol–water partition coefficient (Wildman–Crippen LogP) is 2.99. The van der Waals surface area contributed by atoms with Crippen molar-refractivity contribution in [2.24, 2.45) is 5.73 Å². The summed E-state index contributed by atoms with van der Waals surface area (Å²) in [5, 5.41) is 4.79. The first-order chi connectivity index (χ1) is 19.5. The maximum Gasteiger partial charge on any atom is 0.256 e. The number of amides is 1. The van der Waals surface area contributed by atoms with E-state index in [0.717, 1.165) is 30.3 Å². The minimum Gasteiger partial charge on any atom is -0.450 e. The zero-order chi connectivity index (χ0) is 27.4. The van der Waals surface area contributed by atoms with Crippen molar-refractivity contribution >= 4 is 33.3 Å². The second kappa shape index (κ2) is 9.88. The molecule has 0 unspecified atom stereocenters. The first-order valence-electron chi connectivity index (χ1n) is 13.7. The van der Waals surface area contributed by atoms with E-state index in [1.165, 1.54) is 6.07 Å². The van der Waals surface area contributed by atoms with Gasteiger partial charge < -0.3 is 30.0 Å². The number of ether oxygens (including phenoxy) is 2. The van der Waals surface area contributed by atoms with Gasteiger partial charge in [0.1, 0.15) is 16.8 Å². The van der Waals surface area contributed by atoms with Crippen LogP contribution in [0.15, 0.2) is 53.5 Å². The Bertz CT molecular complexity index is 1710. The minimum absolute atomic E-state index is 0.0446. The van der Waals surface area contributed by atoms with E-state index in [1.54, 1.807) is 10.8 Å². The van der Waals surface area contributed by atoms with Gasteiger partial charge in [-0.1, -0.05) is 30.3 Å². The molecular formula is C30H30FN5O4. The molecule has 9 nitrogen and oxygen atoms in total. The van der Waals surface area contributed by atoms with Gasteiger partial charge in [0, 0.05) is 56.9 Å². The third-order valence-corrected chi connectivity index (χ3v) is 8.10. The molecule has 0 aliphatic carbocycles. The summed E-state index contributed by atoms with van der Waals surface area (Å²) >= 11 is 0. The number of carbonyl (C=O) groups is 1. The van der Waals surface area contributed by atoms with Crippen LogP contribution >= 0.6 is 0 Å². The van der Waals surface area contributed by atoms with Gasteiger partial charge in [-0.15, -0.1) is 0 Å². The molecule has 4 heterocycles. The van der Waals surface area contributed by atoms with Crippen molar-refractivity contribution < 1.29 is 18.7 Å². The molecule has 40 heavy (non-hydrogen) atoms. The Labute approximate surface area is 229 Å². The molecule has 3 aromatic carbocycles. The number of hydrogen-bond donors (Lipinski definition) is 2. The molecule has 4 aromatic rings. The number of nitrogens with zero attached hydrogens (tertiary/aromatic N) is 3. The van der Waals surface area contributed by atoms with Crippen LogP contribution in [-0.2, 0) is 4.74 Å². The van der Waals surface area contributed by atoms with E-state index >= 15 is 4.39 Å². The third-order valence-electron chi connectivity index (χ3n) is 8.10. The fourth-order valence-corrected chi connectivity index (χ4v) is 6.03. The number of nitrogens with one attached hydrogen (secondary N) is 1. The first-order valence-corrected chi connectivity index (χ1v) is 13.7. The summed E-state index contributed by atoms with van der Waals surface area (Å²) in [5.74, 6) is -0.253. The van der Waals surface area contributed by atoms with Gasteiger partial charge >= 0.3 is 0 Å². The number of fused-ring (bicyclic) bond motifs is 4. The van der Waals surface area contributed by atoms with Gasteiger partial charge in [0.05, 0.1) is 24.3 Å². The normalized spacial score (nSPS) is 18.6. The van der Waals surface area contributed by atoms with Crippen LogP contribution in [0, 0.1) is 5.82 Å². The summed E-state index contributed by atoms with van der Waals surface area (Å²) in [5.41, 5.74) is 6.98. The number of morpholine rings is 1. The van der Waals surface area contributed by atoms with Gasteiger partial charge in [-0.05, 0) is 23.9 Å². The molecule has 1 amide bonds. The fraction of sp³-hybridized carbons (Fsp3) is 0.333. The summed E-state index contributed by atoms with van der Waals surface area (Å²) in [6.07, 6.45) is 2.29. The number of halogens is 1. The van der Waals surface area contributed by atoms with Gasteiger partial charge in [-0.3, -0.25) is 14.5 Å². The van der Waals surface area contributed by atoms with Crippen LogP contribution in [0.2, 0.25) is 0 Å². The second-order valence-electron chi connectivity index (χ2n) is 10.6. The average molecular weight is 544 g/mol. The van der Waals surface area contributed by atoms with Crippen molar-refractivity contribution in [1.29, 1.82) is 0 Å². The van der Waals surface area contributed by atoms with E-state index in [-0.39, 0.29) is 28.4 Å². The number of anilines is 1. The molecular weight excluding hydrogens is 513 g/mol. The Morgan fingerprint density at radius 2 is 1.90 bits per heavy atom. The van der Waals surface area contributed by atoms with Crippen LogP contribution in [0.5, 0.6) is 11.5 Å². The zero-order valence-corrected chi connectivity index (χ0v) is 22.0. The Kier molecular flexibility index (Phi) is 6.18. The quantitative estimate of drug-likeness (QED) is 0.352. The van der Waals surface area contributed by atoms with E-state index in [0.29, 0.717) is 56.3 Å². The summed E-state index contributed by atoms with van der Waals surface area (Å²) in [6.45, 7) is 5.03. The lowest BCUT2D eigenvalue weighted by molar-refractivity contribution is 0.0383. The van der Waals surface area contributed by atoms with Crippen LogP contribution in [0.25, 0.3) is 27.4 Å². The van der Waals surface area contributed by atoms with E-state index < -0.39 is 17.2 Å². The zero-order valence-electron chi connectivity index (χ0n) is 22.0. The Balaban J connectivity index is 1.37. The van der Waals surface area contributed by atoms with Crippen LogP contribution in [0.4, 0.5) is 10.1 Å². The fourth-order valence-electron chi connectivity index (χ4n) is 6.03. The highest BCUT2D eigenvalue weighted by Gasteiger charge is 2.33. The van der Waals surface area contributed by atoms with E-state index in [2.05, 4.69) is 10.2 Å². The highest BCUT2D eigenvalue weighted by atomic mass is 19.1. The van der Waals surface area contributed by atoms with Crippen molar-refractivity contribution in [2.45, 2.75) is 12.5 Å². The predicted molar refractivity (Wildman–Crippen MR) is 151 cm³/mol. The maximum absolute atomic E-state index is 15.9. The van der Waals surface area contributed by atoms with Crippen molar-refractivity contribution in [3.63, 3.8) is 0 Å². The molecule has 1 atom stereocenters. The van der Waals surface area contributed by atoms with Crippen molar-refractivity contribution in [3.05, 3.63) is 70.3 Å². The maximum atomic E-state index is 15.9. The van der Waals surface area contributed by atoms with E-state index in [9.17, 15) is 9.59 Å². The first kappa shape index (κ1) is 25.0. The largest absolute Gasteiger partial charge is 0.450 e. The molecule has 0 radical (unpaired) electrons. The topological polar surface area (TPSA) is 102 Å². The molecule has 3 N–H and O–H groups in total. The van der Waals surface area contributed by atoms with Crippen LogP contribution in [0.1, 0.15) is 16.8 Å². The number of carbonyl (C=O) groups excluding carboxylic acids is 1. The smallest absolute Gasteiger partial charge is 0.256 e. The third kappa shape index (κ3) is 4.11. The number of nitrogens with two attached hydrogens (primary N) is 1. The van der Waals surface area contributed by atoms with Crippen LogP contribution in [-0.4, -0.2) is 73.9 Å². The summed E-state index contributed by atoms with van der Waals surface area (Å²) in [4.78, 5) is 31.1. The number of hydrogen-bond acceptors (Lipinski definition) is 7. The molecule has 206 valence electrons. The highest BCUT2D eigenvalue weighted by molar-refractivity contribution is 6.03. The molecule has 3 aliphatic rings. The monoisotopic (exact) mass is 543 g/mol. The number of benzene rings is 3. The van der Waals surface area contributed by atoms with Gasteiger partial charge in [0.2, 0.25) is 5.43 Å². The minimum atomic E-state index is -0.575. The van der Waals surface area contributed by atoms with Gasteiger partial charge in [-0.25, -0.2) is 4.39 Å². The molecule has 10 heteroatoms. The van der Waals surface area contributed by atoms with Gasteiger partial charge in [0.25, 0.3) is 5.91 Å². The lowest BCUT2D eigenvalue weighted by atomic mass is 10.0. The number of rotatable bonds is 5. The number of pyridine rings is 1. The lowest BCUT2D eigenvalue weighted by Gasteiger charge is -2.30. The molecule has 1 aromatic heterocycles. The van der Waals surface area contributed by atoms with E-state index in [1.807, 2.05) is 41.3 Å². The molecule has 2 fully saturated rings. The Morgan fingerprint density at radius 3 is 2.70 bits per heavy atom. The molecule has 3 aliphatic heterocycles. The molecule has 0 spiro atoms. The van der Waals surface area contributed by atoms with Gasteiger partial charge in [0.15, 0.2) is 17.3 Å². The molecule has 2 saturated heterocycles. The second-order valence-corrected chi connectivity index (χ2v) is 10.6. The van der Waals surface area contributed by atoms with Crippen LogP contribution < -0.4 is 26.1 Å². The van der Waals surface area contributed by atoms with Crippen molar-refractivity contribution in [2.75, 3.05) is 57.4 Å². The van der Waals surface area contributed by atoms with Crippen molar-refractivity contribution in [3.8, 4) is 17.2 Å². The van der Waals surface area contributed by atoms with E-state index in [4.69, 9.17) is 15.2 Å². The molecule has 0 bridgehead atoms. The number of aromatic nitrogens is 1. The molecule has 7 rings (SSSR count). The standard InChI is InChI=1S/C30H30FN5O4/c31-23-15-21-25-29(26(23)35-9-7-19(32)16-35)40-28-20-4-2-1-3-18(20)5-6-24(28)36(25)17-22(27(21)37)30(38)33-8-10-34-11-13-39-14-12-34/h1-6,15,17,19H,7-14,16,32H2,(H,33,38)/t19-/m1/s1.